The highest BCUT2D eigenvalue weighted by atomic mass is 35.5. The molecule has 57 heavy (non-hydrogen) atoms. The first-order valence-corrected chi connectivity index (χ1v) is 19.0. The smallest absolute Gasteiger partial charge is 0.306 e. The summed E-state index contributed by atoms with van der Waals surface area (Å²) in [6, 6.07) is 26.0. The van der Waals surface area contributed by atoms with Gasteiger partial charge in [0.25, 0.3) is 0 Å². The number of aliphatic hydroxyl groups excluding tert-OH is 2. The van der Waals surface area contributed by atoms with E-state index in [1.165, 1.54) is 0 Å². The quantitative estimate of drug-likeness (QED) is 0.0416. The number of nitrogens with one attached hydrogen (secondary N) is 3. The monoisotopic (exact) mass is 796 g/mol. The standard InChI is InChI=1S/C44H49ClN4O8/c1-27-32(6-4-8-38(27)39-9-5-7-37(28(39)2)31-12-10-29(11-13-31)19-48-23-35(50)16-43(52)53)26-57-42-18-41(56-25-30-14-34(46-3)22-47-20-30)33(15-40(42)45)21-49-24-36(51)17-44(54)55/h4-15,18,20,22,35-36,46,48-51H,16-17,19,21,23-26H2,1-3H3,(H,52,53)(H,54,55)/t35-,36-/m0/s1. The maximum absolute atomic E-state index is 11.0. The Hall–Kier alpha value is -5.50. The maximum atomic E-state index is 11.0. The number of aliphatic hydroxyl groups is 2. The molecule has 300 valence electrons. The molecule has 0 amide bonds. The lowest BCUT2D eigenvalue weighted by Crippen LogP contribution is -2.28. The Bertz CT molecular complexity index is 2150. The van der Waals surface area contributed by atoms with Crippen molar-refractivity contribution in [1.82, 2.24) is 15.6 Å². The second-order valence-corrected chi connectivity index (χ2v) is 14.2. The summed E-state index contributed by atoms with van der Waals surface area (Å²) in [5.41, 5.74) is 10.9. The van der Waals surface area contributed by atoms with Gasteiger partial charge in [0.2, 0.25) is 0 Å². The number of aromatic nitrogens is 1. The molecular weight excluding hydrogens is 748 g/mol. The van der Waals surface area contributed by atoms with Crippen molar-refractivity contribution >= 4 is 29.2 Å². The molecule has 0 unspecified atom stereocenters. The number of anilines is 1. The second-order valence-electron chi connectivity index (χ2n) is 13.8. The number of benzene rings is 4. The van der Waals surface area contributed by atoms with Gasteiger partial charge in [-0.2, -0.15) is 0 Å². The van der Waals surface area contributed by atoms with Crippen molar-refractivity contribution in [3.63, 3.8) is 0 Å². The van der Waals surface area contributed by atoms with E-state index in [4.69, 9.17) is 31.3 Å². The average Bonchev–Trinajstić information content (AvgIpc) is 3.17. The van der Waals surface area contributed by atoms with Gasteiger partial charge in [0.1, 0.15) is 24.7 Å². The number of pyridine rings is 1. The Kier molecular flexibility index (Phi) is 15.4. The van der Waals surface area contributed by atoms with Gasteiger partial charge in [-0.25, -0.2) is 0 Å². The van der Waals surface area contributed by atoms with Crippen LogP contribution in [0.15, 0.2) is 91.3 Å². The molecule has 0 aliphatic rings. The zero-order chi connectivity index (χ0) is 40.9. The molecule has 1 aromatic heterocycles. The van der Waals surface area contributed by atoms with Crippen LogP contribution in [-0.4, -0.2) is 69.7 Å². The van der Waals surface area contributed by atoms with Crippen molar-refractivity contribution in [3.8, 4) is 33.8 Å². The molecule has 0 saturated heterocycles. The summed E-state index contributed by atoms with van der Waals surface area (Å²) in [6.45, 7) is 5.70. The van der Waals surface area contributed by atoms with Crippen molar-refractivity contribution in [2.45, 2.75) is 65.2 Å². The SMILES string of the molecule is CNc1cncc(COc2cc(OCc3cccc(-c4cccc(-c5ccc(CNC[C@@H](O)CC(=O)O)cc5)c4C)c3C)c(Cl)cc2CNC[C@@H](O)CC(=O)O)c1. The Balaban J connectivity index is 1.31. The van der Waals surface area contributed by atoms with Crippen molar-refractivity contribution in [1.29, 1.82) is 0 Å². The van der Waals surface area contributed by atoms with E-state index in [2.05, 4.69) is 71.2 Å². The van der Waals surface area contributed by atoms with Gasteiger partial charge in [-0.15, -0.1) is 0 Å². The first-order valence-electron chi connectivity index (χ1n) is 18.6. The summed E-state index contributed by atoms with van der Waals surface area (Å²) in [6.07, 6.45) is 0.781. The zero-order valence-corrected chi connectivity index (χ0v) is 33.0. The highest BCUT2D eigenvalue weighted by molar-refractivity contribution is 6.32. The van der Waals surface area contributed by atoms with Crippen LogP contribution in [0.2, 0.25) is 5.02 Å². The van der Waals surface area contributed by atoms with E-state index in [0.717, 1.165) is 55.8 Å². The van der Waals surface area contributed by atoms with Crippen molar-refractivity contribution < 1.29 is 39.5 Å². The predicted molar refractivity (Wildman–Crippen MR) is 221 cm³/mol. The van der Waals surface area contributed by atoms with E-state index in [9.17, 15) is 19.8 Å². The molecule has 2 atom stereocenters. The Morgan fingerprint density at radius 1 is 0.702 bits per heavy atom. The number of carbonyl (C=O) groups is 2. The Labute approximate surface area is 337 Å². The minimum absolute atomic E-state index is 0.0724. The fourth-order valence-electron chi connectivity index (χ4n) is 6.46. The van der Waals surface area contributed by atoms with Crippen molar-refractivity contribution in [3.05, 3.63) is 130 Å². The van der Waals surface area contributed by atoms with Crippen LogP contribution in [0.1, 0.15) is 46.2 Å². The maximum Gasteiger partial charge on any atom is 0.306 e. The van der Waals surface area contributed by atoms with Crippen LogP contribution < -0.4 is 25.4 Å². The van der Waals surface area contributed by atoms with Gasteiger partial charge in [0.15, 0.2) is 0 Å². The van der Waals surface area contributed by atoms with Gasteiger partial charge in [-0.3, -0.25) is 14.6 Å². The van der Waals surface area contributed by atoms with E-state index in [1.54, 1.807) is 24.5 Å². The number of carboxylic acid groups (broad SMARTS) is 2. The highest BCUT2D eigenvalue weighted by Gasteiger charge is 2.17. The molecule has 1 heterocycles. The van der Waals surface area contributed by atoms with E-state index >= 15 is 0 Å². The molecule has 0 aliphatic carbocycles. The molecule has 0 spiro atoms. The number of nitrogens with zero attached hydrogens (tertiary/aromatic N) is 1. The lowest BCUT2D eigenvalue weighted by molar-refractivity contribution is -0.140. The van der Waals surface area contributed by atoms with E-state index in [1.807, 2.05) is 37.4 Å². The molecule has 13 heteroatoms. The van der Waals surface area contributed by atoms with Crippen LogP contribution in [0, 0.1) is 13.8 Å². The molecule has 5 aromatic rings. The van der Waals surface area contributed by atoms with Crippen LogP contribution in [0.5, 0.6) is 11.5 Å². The molecule has 0 saturated carbocycles. The van der Waals surface area contributed by atoms with Crippen LogP contribution in [-0.2, 0) is 35.9 Å². The van der Waals surface area contributed by atoms with E-state index in [-0.39, 0.29) is 45.7 Å². The van der Waals surface area contributed by atoms with E-state index in [0.29, 0.717) is 28.6 Å². The molecule has 0 radical (unpaired) electrons. The summed E-state index contributed by atoms with van der Waals surface area (Å²) in [4.78, 5) is 26.1. The Morgan fingerprint density at radius 3 is 1.98 bits per heavy atom. The fraction of sp³-hybridized carbons (Fsp3) is 0.295. The molecule has 0 bridgehead atoms. The minimum Gasteiger partial charge on any atom is -0.488 e. The number of ether oxygens (including phenoxy) is 2. The summed E-state index contributed by atoms with van der Waals surface area (Å²) >= 11 is 6.77. The average molecular weight is 797 g/mol. The van der Waals surface area contributed by atoms with Gasteiger partial charge in [0, 0.05) is 62.8 Å². The normalized spacial score (nSPS) is 12.2. The largest absolute Gasteiger partial charge is 0.488 e. The van der Waals surface area contributed by atoms with Gasteiger partial charge in [-0.05, 0) is 70.5 Å². The number of carboxylic acids is 2. The molecular formula is C44H49ClN4O8. The molecule has 12 nitrogen and oxygen atoms in total. The van der Waals surface area contributed by atoms with Gasteiger partial charge >= 0.3 is 11.9 Å². The minimum atomic E-state index is -1.08. The van der Waals surface area contributed by atoms with Gasteiger partial charge in [0.05, 0.1) is 35.8 Å². The van der Waals surface area contributed by atoms with Gasteiger partial charge < -0.3 is 45.9 Å². The lowest BCUT2D eigenvalue weighted by atomic mass is 9.89. The van der Waals surface area contributed by atoms with Crippen molar-refractivity contribution in [2.75, 3.05) is 25.5 Å². The summed E-state index contributed by atoms with van der Waals surface area (Å²) in [7, 11) is 1.81. The third-order valence-corrected chi connectivity index (χ3v) is 9.83. The van der Waals surface area contributed by atoms with Crippen molar-refractivity contribution in [2.24, 2.45) is 0 Å². The third-order valence-electron chi connectivity index (χ3n) is 9.54. The van der Waals surface area contributed by atoms with Crippen LogP contribution in [0.25, 0.3) is 22.3 Å². The molecule has 0 fully saturated rings. The number of halogens is 1. The Morgan fingerprint density at radius 2 is 1.32 bits per heavy atom. The molecule has 7 N–H and O–H groups in total. The molecule has 0 aliphatic heterocycles. The number of hydrogen-bond acceptors (Lipinski definition) is 10. The second kappa shape index (κ2) is 20.6. The van der Waals surface area contributed by atoms with Gasteiger partial charge in [-0.1, -0.05) is 72.3 Å². The molecule has 5 rings (SSSR count). The summed E-state index contributed by atoms with van der Waals surface area (Å²) < 4.78 is 12.6. The first kappa shape index (κ1) is 42.6. The lowest BCUT2D eigenvalue weighted by Gasteiger charge is -2.19. The predicted octanol–water partition coefficient (Wildman–Crippen LogP) is 6.74. The topological polar surface area (TPSA) is 182 Å². The first-order chi connectivity index (χ1) is 27.4. The van der Waals surface area contributed by atoms with E-state index < -0.39 is 24.1 Å². The highest BCUT2D eigenvalue weighted by Crippen LogP contribution is 2.37. The number of hydrogen-bond donors (Lipinski definition) is 7. The third kappa shape index (κ3) is 12.2. The summed E-state index contributed by atoms with van der Waals surface area (Å²) in [5.74, 6) is -1.16. The van der Waals surface area contributed by atoms with Crippen LogP contribution in [0.4, 0.5) is 5.69 Å². The van der Waals surface area contributed by atoms with Crippen LogP contribution in [0.3, 0.4) is 0 Å². The zero-order valence-electron chi connectivity index (χ0n) is 32.2. The number of aliphatic carboxylic acids is 2. The summed E-state index contributed by atoms with van der Waals surface area (Å²) in [5, 5.41) is 47.4. The number of rotatable bonds is 21. The van der Waals surface area contributed by atoms with Crippen LogP contribution >= 0.6 is 11.6 Å². The fourth-order valence-corrected chi connectivity index (χ4v) is 6.70. The molecule has 4 aromatic carbocycles.